The number of anilines is 1. The summed E-state index contributed by atoms with van der Waals surface area (Å²) < 4.78 is 5.42. The smallest absolute Gasteiger partial charge is 0.174 e. The largest absolute Gasteiger partial charge is 0.379 e. The lowest BCUT2D eigenvalue weighted by Gasteiger charge is -2.28. The second-order valence-corrected chi connectivity index (χ2v) is 7.86. The molecule has 1 aromatic heterocycles. The minimum Gasteiger partial charge on any atom is -0.379 e. The van der Waals surface area contributed by atoms with Crippen molar-refractivity contribution < 1.29 is 4.74 Å². The van der Waals surface area contributed by atoms with E-state index in [4.69, 9.17) is 21.9 Å². The lowest BCUT2D eigenvalue weighted by Crippen LogP contribution is -2.42. The van der Waals surface area contributed by atoms with Crippen LogP contribution in [0.3, 0.4) is 0 Å². The van der Waals surface area contributed by atoms with Gasteiger partial charge >= 0.3 is 0 Å². The monoisotopic (exact) mass is 420 g/mol. The zero-order chi connectivity index (χ0) is 20.6. The van der Waals surface area contributed by atoms with Gasteiger partial charge < -0.3 is 10.1 Å². The zero-order valence-electron chi connectivity index (χ0n) is 17.2. The Morgan fingerprint density at radius 1 is 1.00 bits per heavy atom. The van der Waals surface area contributed by atoms with Crippen LogP contribution in [0.1, 0.15) is 12.0 Å². The molecule has 4 rings (SSSR count). The predicted octanol–water partition coefficient (Wildman–Crippen LogP) is 3.84. The first-order chi connectivity index (χ1) is 14.8. The minimum absolute atomic E-state index is 0.682. The predicted molar refractivity (Wildman–Crippen MR) is 127 cm³/mol. The molecule has 156 valence electrons. The Labute approximate surface area is 183 Å². The van der Waals surface area contributed by atoms with Gasteiger partial charge in [0.05, 0.1) is 25.3 Å². The average molecular weight is 421 g/mol. The van der Waals surface area contributed by atoms with Crippen molar-refractivity contribution in [1.29, 1.82) is 0 Å². The van der Waals surface area contributed by atoms with Gasteiger partial charge in [-0.2, -0.15) is 0 Å². The topological polar surface area (TPSA) is 40.6 Å². The number of hydrogen-bond acceptors (Lipinski definition) is 4. The molecule has 1 N–H and O–H groups in total. The van der Waals surface area contributed by atoms with E-state index in [0.29, 0.717) is 11.7 Å². The fourth-order valence-corrected chi connectivity index (χ4v) is 3.91. The van der Waals surface area contributed by atoms with Crippen LogP contribution in [0, 0.1) is 0 Å². The molecule has 0 amide bonds. The molecule has 1 aliphatic rings. The van der Waals surface area contributed by atoms with E-state index in [1.54, 1.807) is 0 Å². The van der Waals surface area contributed by atoms with Gasteiger partial charge in [-0.1, -0.05) is 48.5 Å². The SMILES string of the molecule is S=C(NCCCN1CCOCC1)N(Cc1ccccc1)c1ccc2ccccc2n1. The highest BCUT2D eigenvalue weighted by molar-refractivity contribution is 7.80. The van der Waals surface area contributed by atoms with E-state index >= 15 is 0 Å². The molecule has 1 aliphatic heterocycles. The molecule has 30 heavy (non-hydrogen) atoms. The summed E-state index contributed by atoms with van der Waals surface area (Å²) in [5.41, 5.74) is 2.17. The Kier molecular flexibility index (Phi) is 7.24. The lowest BCUT2D eigenvalue weighted by molar-refractivity contribution is 0.0376. The summed E-state index contributed by atoms with van der Waals surface area (Å²) in [6.45, 7) is 6.30. The Morgan fingerprint density at radius 2 is 1.77 bits per heavy atom. The molecule has 3 aromatic rings. The number of benzene rings is 2. The van der Waals surface area contributed by atoms with Gasteiger partial charge in [0.1, 0.15) is 5.82 Å². The molecule has 1 fully saturated rings. The maximum absolute atomic E-state index is 5.79. The second kappa shape index (κ2) is 10.5. The quantitative estimate of drug-likeness (QED) is 0.463. The summed E-state index contributed by atoms with van der Waals surface area (Å²) in [5, 5.41) is 5.29. The summed E-state index contributed by atoms with van der Waals surface area (Å²) in [4.78, 5) is 9.41. The van der Waals surface area contributed by atoms with Crippen molar-refractivity contribution in [3.63, 3.8) is 0 Å². The number of ether oxygens (including phenoxy) is 1. The van der Waals surface area contributed by atoms with Crippen LogP contribution in [-0.2, 0) is 11.3 Å². The maximum atomic E-state index is 5.79. The first kappa shape index (κ1) is 20.7. The third kappa shape index (κ3) is 5.53. The molecule has 0 radical (unpaired) electrons. The fraction of sp³-hybridized carbons (Fsp3) is 0.333. The third-order valence-electron chi connectivity index (χ3n) is 5.32. The number of para-hydroxylation sites is 1. The van der Waals surface area contributed by atoms with Gasteiger partial charge in [0.25, 0.3) is 0 Å². The molecular formula is C24H28N4OS. The van der Waals surface area contributed by atoms with E-state index in [0.717, 1.165) is 62.5 Å². The fourth-order valence-electron chi connectivity index (χ4n) is 3.65. The molecule has 2 heterocycles. The van der Waals surface area contributed by atoms with Crippen LogP contribution in [0.25, 0.3) is 10.9 Å². The van der Waals surface area contributed by atoms with E-state index < -0.39 is 0 Å². The zero-order valence-corrected chi connectivity index (χ0v) is 18.0. The van der Waals surface area contributed by atoms with E-state index in [-0.39, 0.29) is 0 Å². The van der Waals surface area contributed by atoms with Crippen LogP contribution in [0.15, 0.2) is 66.7 Å². The van der Waals surface area contributed by atoms with Crippen molar-refractivity contribution in [2.45, 2.75) is 13.0 Å². The number of pyridine rings is 1. The van der Waals surface area contributed by atoms with Gasteiger partial charge in [-0.3, -0.25) is 9.80 Å². The van der Waals surface area contributed by atoms with Crippen LogP contribution >= 0.6 is 12.2 Å². The average Bonchev–Trinajstić information content (AvgIpc) is 2.81. The van der Waals surface area contributed by atoms with Crippen LogP contribution < -0.4 is 10.2 Å². The Hall–Kier alpha value is -2.54. The first-order valence-electron chi connectivity index (χ1n) is 10.5. The third-order valence-corrected chi connectivity index (χ3v) is 5.68. The first-order valence-corrected chi connectivity index (χ1v) is 11.0. The van der Waals surface area contributed by atoms with Crippen molar-refractivity contribution >= 4 is 34.1 Å². The number of aromatic nitrogens is 1. The number of fused-ring (bicyclic) bond motifs is 1. The van der Waals surface area contributed by atoms with Gasteiger partial charge in [-0.05, 0) is 48.9 Å². The summed E-state index contributed by atoms with van der Waals surface area (Å²) in [6, 6.07) is 22.7. The standard InChI is InChI=1S/C24H28N4OS/c30-24(25-13-6-14-27-15-17-29-18-16-27)28(19-20-7-2-1-3-8-20)23-12-11-21-9-4-5-10-22(21)26-23/h1-5,7-12H,6,13-19H2,(H,25,30). The summed E-state index contributed by atoms with van der Waals surface area (Å²) in [5.74, 6) is 0.864. The summed E-state index contributed by atoms with van der Waals surface area (Å²) in [6.07, 6.45) is 1.05. The molecule has 0 saturated carbocycles. The maximum Gasteiger partial charge on any atom is 0.174 e. The number of rotatable bonds is 7. The summed E-state index contributed by atoms with van der Waals surface area (Å²) >= 11 is 5.79. The van der Waals surface area contributed by atoms with Gasteiger partial charge in [0.2, 0.25) is 0 Å². The van der Waals surface area contributed by atoms with E-state index in [1.807, 2.05) is 30.3 Å². The van der Waals surface area contributed by atoms with E-state index in [1.165, 1.54) is 5.56 Å². The van der Waals surface area contributed by atoms with Crippen molar-refractivity contribution in [3.8, 4) is 0 Å². The van der Waals surface area contributed by atoms with Gasteiger partial charge in [-0.25, -0.2) is 4.98 Å². The normalized spacial score (nSPS) is 14.5. The Bertz CT molecular complexity index is 960. The Morgan fingerprint density at radius 3 is 2.60 bits per heavy atom. The van der Waals surface area contributed by atoms with Crippen LogP contribution in [0.2, 0.25) is 0 Å². The molecule has 5 nitrogen and oxygen atoms in total. The van der Waals surface area contributed by atoms with Crippen molar-refractivity contribution in [3.05, 3.63) is 72.3 Å². The molecule has 2 aromatic carbocycles. The highest BCUT2D eigenvalue weighted by atomic mass is 32.1. The molecule has 6 heteroatoms. The number of nitrogens with one attached hydrogen (secondary N) is 1. The Balaban J connectivity index is 1.44. The van der Waals surface area contributed by atoms with Gasteiger partial charge in [0, 0.05) is 25.0 Å². The number of morpholine rings is 1. The number of thiocarbonyl (C=S) groups is 1. The van der Waals surface area contributed by atoms with E-state index in [9.17, 15) is 0 Å². The van der Waals surface area contributed by atoms with E-state index in [2.05, 4.69) is 51.5 Å². The molecule has 0 spiro atoms. The molecule has 0 unspecified atom stereocenters. The number of nitrogens with zero attached hydrogens (tertiary/aromatic N) is 3. The van der Waals surface area contributed by atoms with Gasteiger partial charge in [0.15, 0.2) is 5.11 Å². The molecular weight excluding hydrogens is 392 g/mol. The van der Waals surface area contributed by atoms with Gasteiger partial charge in [-0.15, -0.1) is 0 Å². The molecule has 0 atom stereocenters. The highest BCUT2D eigenvalue weighted by Crippen LogP contribution is 2.20. The lowest BCUT2D eigenvalue weighted by atomic mass is 10.2. The van der Waals surface area contributed by atoms with Crippen molar-refractivity contribution in [1.82, 2.24) is 15.2 Å². The molecule has 0 aliphatic carbocycles. The van der Waals surface area contributed by atoms with Crippen molar-refractivity contribution in [2.24, 2.45) is 0 Å². The molecule has 1 saturated heterocycles. The van der Waals surface area contributed by atoms with Crippen molar-refractivity contribution in [2.75, 3.05) is 44.3 Å². The highest BCUT2D eigenvalue weighted by Gasteiger charge is 2.15. The number of hydrogen-bond donors (Lipinski definition) is 1. The second-order valence-electron chi connectivity index (χ2n) is 7.47. The minimum atomic E-state index is 0.682. The van der Waals surface area contributed by atoms with Crippen LogP contribution in [0.4, 0.5) is 5.82 Å². The van der Waals surface area contributed by atoms with Crippen LogP contribution in [0.5, 0.6) is 0 Å². The molecule has 0 bridgehead atoms. The van der Waals surface area contributed by atoms with Crippen LogP contribution in [-0.4, -0.2) is 54.4 Å². The summed E-state index contributed by atoms with van der Waals surface area (Å²) in [7, 11) is 0.